The summed E-state index contributed by atoms with van der Waals surface area (Å²) in [4.78, 5) is 17.3. The Bertz CT molecular complexity index is 1300. The van der Waals surface area contributed by atoms with Gasteiger partial charge in [0.25, 0.3) is 0 Å². The number of hydrogen-bond acceptors (Lipinski definition) is 7. The number of carbonyl (C=O) groups excluding carboxylic acids is 1. The molecule has 0 atom stereocenters. The number of anilines is 2. The topological polar surface area (TPSA) is 80.5 Å². The van der Waals surface area contributed by atoms with E-state index in [0.717, 1.165) is 4.90 Å². The van der Waals surface area contributed by atoms with E-state index in [1.54, 1.807) is 32.2 Å². The van der Waals surface area contributed by atoms with Crippen molar-refractivity contribution in [2.24, 2.45) is 0 Å². The number of esters is 1. The van der Waals surface area contributed by atoms with Gasteiger partial charge in [0, 0.05) is 35.0 Å². The van der Waals surface area contributed by atoms with E-state index in [1.807, 2.05) is 18.2 Å². The van der Waals surface area contributed by atoms with Crippen molar-refractivity contribution in [2.45, 2.75) is 11.8 Å². The number of hydrogen-bond donors (Lipinski definition) is 2. The Labute approximate surface area is 193 Å². The zero-order valence-corrected chi connectivity index (χ0v) is 18.8. The van der Waals surface area contributed by atoms with E-state index in [2.05, 4.69) is 20.1 Å². The Morgan fingerprint density at radius 2 is 2.03 bits per heavy atom. The van der Waals surface area contributed by atoms with Crippen LogP contribution in [0.3, 0.4) is 0 Å². The Hall–Kier alpha value is -3.30. The summed E-state index contributed by atoms with van der Waals surface area (Å²) in [5.74, 6) is -0.455. The Morgan fingerprint density at radius 3 is 2.75 bits per heavy atom. The van der Waals surface area contributed by atoms with Crippen molar-refractivity contribution in [3.63, 3.8) is 0 Å². The summed E-state index contributed by atoms with van der Waals surface area (Å²) < 4.78 is 24.7. The molecule has 164 valence electrons. The fraction of sp³-hybridized carbons (Fsp3) is 0.136. The number of halogens is 2. The predicted molar refractivity (Wildman–Crippen MR) is 125 cm³/mol. The Kier molecular flexibility index (Phi) is 6.48. The van der Waals surface area contributed by atoms with Crippen LogP contribution in [0.25, 0.3) is 16.8 Å². The molecule has 10 heteroatoms. The van der Waals surface area contributed by atoms with Gasteiger partial charge in [-0.1, -0.05) is 23.7 Å². The maximum Gasteiger partial charge on any atom is 0.343 e. The van der Waals surface area contributed by atoms with Crippen LogP contribution in [-0.2, 0) is 4.74 Å². The van der Waals surface area contributed by atoms with Crippen molar-refractivity contribution in [3.8, 4) is 11.1 Å². The molecule has 0 aliphatic carbocycles. The number of benzene rings is 2. The van der Waals surface area contributed by atoms with Crippen molar-refractivity contribution >= 4 is 46.7 Å². The van der Waals surface area contributed by atoms with Crippen LogP contribution < -0.4 is 10.0 Å². The van der Waals surface area contributed by atoms with Gasteiger partial charge in [-0.15, -0.1) is 0 Å². The molecule has 0 fully saturated rings. The number of carbonyl (C=O) groups is 1. The lowest BCUT2D eigenvalue weighted by Crippen LogP contribution is -2.07. The Morgan fingerprint density at radius 1 is 1.22 bits per heavy atom. The van der Waals surface area contributed by atoms with Gasteiger partial charge in [0.05, 0.1) is 17.8 Å². The van der Waals surface area contributed by atoms with Crippen molar-refractivity contribution < 1.29 is 13.9 Å². The van der Waals surface area contributed by atoms with Gasteiger partial charge in [-0.25, -0.2) is 14.2 Å². The number of nitrogens with one attached hydrogen (secondary N) is 2. The summed E-state index contributed by atoms with van der Waals surface area (Å²) in [6.07, 6.45) is 2.90. The Balaban J connectivity index is 1.65. The zero-order chi connectivity index (χ0) is 22.7. The number of rotatable bonds is 7. The van der Waals surface area contributed by atoms with Crippen LogP contribution in [0.15, 0.2) is 59.8 Å². The first-order valence-electron chi connectivity index (χ1n) is 9.72. The number of ether oxygens (including phenoxy) is 1. The number of nitrogens with zero attached hydrogens (tertiary/aromatic N) is 3. The molecule has 0 bridgehead atoms. The first kappa shape index (κ1) is 21.9. The number of fused-ring (bicyclic) bond motifs is 1. The van der Waals surface area contributed by atoms with E-state index >= 15 is 4.39 Å². The van der Waals surface area contributed by atoms with Crippen LogP contribution in [0.5, 0.6) is 0 Å². The summed E-state index contributed by atoms with van der Waals surface area (Å²) in [5, 5.41) is 7.87. The van der Waals surface area contributed by atoms with Crippen LogP contribution in [0.2, 0.25) is 5.02 Å². The van der Waals surface area contributed by atoms with E-state index in [-0.39, 0.29) is 12.2 Å². The minimum atomic E-state index is -0.512. The van der Waals surface area contributed by atoms with Crippen LogP contribution in [-0.4, -0.2) is 34.2 Å². The fourth-order valence-electron chi connectivity index (χ4n) is 3.16. The fourth-order valence-corrected chi connectivity index (χ4v) is 4.08. The molecule has 2 aromatic carbocycles. The van der Waals surface area contributed by atoms with Gasteiger partial charge in [-0.2, -0.15) is 9.61 Å². The molecule has 0 amide bonds. The quantitative estimate of drug-likeness (QED) is 0.271. The maximum absolute atomic E-state index is 15.1. The molecule has 4 aromatic rings. The highest BCUT2D eigenvalue weighted by Gasteiger charge is 2.20. The van der Waals surface area contributed by atoms with E-state index in [0.29, 0.717) is 33.3 Å². The molecule has 2 N–H and O–H groups in total. The van der Waals surface area contributed by atoms with Crippen LogP contribution >= 0.6 is 23.5 Å². The zero-order valence-electron chi connectivity index (χ0n) is 17.2. The smallest absolute Gasteiger partial charge is 0.343 e. The average molecular weight is 472 g/mol. The van der Waals surface area contributed by atoms with Crippen LogP contribution in [0.1, 0.15) is 17.3 Å². The molecule has 32 heavy (non-hydrogen) atoms. The van der Waals surface area contributed by atoms with Crippen molar-refractivity contribution in [2.75, 3.05) is 23.7 Å². The van der Waals surface area contributed by atoms with Crippen LogP contribution in [0, 0.1) is 5.82 Å². The molecule has 0 unspecified atom stereocenters. The minimum absolute atomic E-state index is 0.242. The molecule has 0 spiro atoms. The third-order valence-electron chi connectivity index (χ3n) is 4.63. The molecule has 2 aromatic heterocycles. The summed E-state index contributed by atoms with van der Waals surface area (Å²) in [5.41, 5.74) is 1.99. The molecule has 2 heterocycles. The molecule has 0 saturated heterocycles. The first-order valence-corrected chi connectivity index (χ1v) is 10.9. The third kappa shape index (κ3) is 4.21. The van der Waals surface area contributed by atoms with E-state index in [1.165, 1.54) is 34.9 Å². The van der Waals surface area contributed by atoms with Gasteiger partial charge >= 0.3 is 5.97 Å². The second-order valence-corrected chi connectivity index (χ2v) is 7.87. The van der Waals surface area contributed by atoms with Gasteiger partial charge in [-0.3, -0.25) is 0 Å². The van der Waals surface area contributed by atoms with Gasteiger partial charge in [0.15, 0.2) is 5.65 Å². The van der Waals surface area contributed by atoms with Crippen molar-refractivity contribution in [3.05, 3.63) is 71.3 Å². The van der Waals surface area contributed by atoms with Gasteiger partial charge in [0.2, 0.25) is 0 Å². The first-order chi connectivity index (χ1) is 15.5. The minimum Gasteiger partial charge on any atom is -0.462 e. The monoisotopic (exact) mass is 471 g/mol. The summed E-state index contributed by atoms with van der Waals surface area (Å²) in [6, 6.07) is 12.2. The third-order valence-corrected chi connectivity index (χ3v) is 5.99. The van der Waals surface area contributed by atoms with E-state index in [9.17, 15) is 4.79 Å². The molecule has 0 aliphatic rings. The lowest BCUT2D eigenvalue weighted by molar-refractivity contribution is 0.0528. The molecular weight excluding hydrogens is 453 g/mol. The molecule has 0 aliphatic heterocycles. The molecule has 4 rings (SSSR count). The predicted octanol–water partition coefficient (Wildman–Crippen LogP) is 5.53. The van der Waals surface area contributed by atoms with E-state index < -0.39 is 11.8 Å². The average Bonchev–Trinajstić information content (AvgIpc) is 3.22. The summed E-state index contributed by atoms with van der Waals surface area (Å²) in [6.45, 7) is 1.97. The second kappa shape index (κ2) is 9.46. The highest BCUT2D eigenvalue weighted by Crippen LogP contribution is 2.33. The molecule has 7 nitrogen and oxygen atoms in total. The standard InChI is InChI=1S/C22H19ClFN5O2S/c1-3-31-22(30)16-12-27-29-20(25-2)15(11-26-21(16)29)14-9-8-13(10-18(14)24)28-32-19-7-5-4-6-17(19)23/h4-12,25,28H,3H2,1-2H3. The number of aromatic nitrogens is 3. The normalized spacial score (nSPS) is 10.9. The van der Waals surface area contributed by atoms with Gasteiger partial charge in [0.1, 0.15) is 17.2 Å². The second-order valence-electron chi connectivity index (χ2n) is 6.61. The highest BCUT2D eigenvalue weighted by atomic mass is 35.5. The van der Waals surface area contributed by atoms with Gasteiger partial charge in [-0.05, 0) is 49.2 Å². The summed E-state index contributed by atoms with van der Waals surface area (Å²) in [7, 11) is 1.69. The van der Waals surface area contributed by atoms with Crippen LogP contribution in [0.4, 0.5) is 15.9 Å². The molecular formula is C22H19ClFN5O2S. The van der Waals surface area contributed by atoms with Crippen molar-refractivity contribution in [1.29, 1.82) is 0 Å². The van der Waals surface area contributed by atoms with Gasteiger partial charge < -0.3 is 14.8 Å². The van der Waals surface area contributed by atoms with E-state index in [4.69, 9.17) is 16.3 Å². The summed E-state index contributed by atoms with van der Waals surface area (Å²) >= 11 is 7.46. The maximum atomic E-state index is 15.1. The molecule has 0 radical (unpaired) electrons. The largest absolute Gasteiger partial charge is 0.462 e. The highest BCUT2D eigenvalue weighted by molar-refractivity contribution is 8.00. The lowest BCUT2D eigenvalue weighted by Gasteiger charge is -2.13. The SMILES string of the molecule is CCOC(=O)c1cnn2c(NC)c(-c3ccc(NSc4ccccc4Cl)cc3F)cnc12. The lowest BCUT2D eigenvalue weighted by atomic mass is 10.1. The molecule has 0 saturated carbocycles. The van der Waals surface area contributed by atoms with Crippen molar-refractivity contribution in [1.82, 2.24) is 14.6 Å².